The summed E-state index contributed by atoms with van der Waals surface area (Å²) >= 11 is 1.49. The molecule has 0 radical (unpaired) electrons. The number of nitrogens with zero attached hydrogens (tertiary/aromatic N) is 2. The third kappa shape index (κ3) is 2.86. The number of rotatable bonds is 3. The van der Waals surface area contributed by atoms with Gasteiger partial charge >= 0.3 is 6.03 Å². The summed E-state index contributed by atoms with van der Waals surface area (Å²) in [4.78, 5) is 16.1. The minimum Gasteiger partial charge on any atom is -0.297 e. The van der Waals surface area contributed by atoms with Crippen molar-refractivity contribution in [3.8, 4) is 0 Å². The van der Waals surface area contributed by atoms with E-state index in [0.717, 1.165) is 27.8 Å². The lowest BCUT2D eigenvalue weighted by Gasteiger charge is -2.02. The van der Waals surface area contributed by atoms with E-state index in [1.54, 1.807) is 6.07 Å². The van der Waals surface area contributed by atoms with Crippen LogP contribution in [0.15, 0.2) is 6.07 Å². The Balaban J connectivity index is 2.00. The number of hydrogen-bond acceptors (Lipinski definition) is 4. The Hall–Kier alpha value is -1.89. The molecule has 96 valence electrons. The fourth-order valence-corrected chi connectivity index (χ4v) is 2.35. The van der Waals surface area contributed by atoms with Gasteiger partial charge in [-0.25, -0.2) is 9.78 Å². The van der Waals surface area contributed by atoms with Crippen molar-refractivity contribution in [3.63, 3.8) is 0 Å². The predicted molar refractivity (Wildman–Crippen MR) is 72.2 cm³/mol. The van der Waals surface area contributed by atoms with E-state index in [1.807, 2.05) is 20.8 Å². The number of aromatic amines is 1. The van der Waals surface area contributed by atoms with Crippen molar-refractivity contribution in [2.45, 2.75) is 27.2 Å². The molecule has 0 atom stereocenters. The molecule has 0 aliphatic heterocycles. The lowest BCUT2D eigenvalue weighted by Crippen LogP contribution is -2.19. The van der Waals surface area contributed by atoms with Gasteiger partial charge in [0.1, 0.15) is 5.00 Å². The van der Waals surface area contributed by atoms with Crippen molar-refractivity contribution in [3.05, 3.63) is 22.5 Å². The van der Waals surface area contributed by atoms with Gasteiger partial charge in [0.25, 0.3) is 0 Å². The van der Waals surface area contributed by atoms with Crippen LogP contribution in [0.5, 0.6) is 0 Å². The minimum absolute atomic E-state index is 0.309. The molecule has 0 saturated heterocycles. The van der Waals surface area contributed by atoms with E-state index in [0.29, 0.717) is 5.82 Å². The maximum atomic E-state index is 11.7. The van der Waals surface area contributed by atoms with Crippen LogP contribution in [-0.4, -0.2) is 21.2 Å². The fourth-order valence-electron chi connectivity index (χ4n) is 1.45. The Morgan fingerprint density at radius 1 is 1.44 bits per heavy atom. The first-order valence-corrected chi connectivity index (χ1v) is 6.46. The van der Waals surface area contributed by atoms with E-state index < -0.39 is 0 Å². The van der Waals surface area contributed by atoms with Crippen LogP contribution in [0.1, 0.15) is 23.3 Å². The average Bonchev–Trinajstić information content (AvgIpc) is 2.86. The van der Waals surface area contributed by atoms with Gasteiger partial charge in [-0.15, -0.1) is 11.3 Å². The Morgan fingerprint density at radius 2 is 2.22 bits per heavy atom. The quantitative estimate of drug-likeness (QED) is 0.798. The number of nitrogens with one attached hydrogen (secondary N) is 3. The van der Waals surface area contributed by atoms with Crippen LogP contribution in [0, 0.1) is 13.8 Å². The molecule has 0 spiro atoms. The maximum absolute atomic E-state index is 11.7. The highest BCUT2D eigenvalue weighted by atomic mass is 32.1. The van der Waals surface area contributed by atoms with E-state index in [4.69, 9.17) is 0 Å². The van der Waals surface area contributed by atoms with Crippen LogP contribution < -0.4 is 10.6 Å². The predicted octanol–water partition coefficient (Wildman–Crippen LogP) is 2.69. The highest BCUT2D eigenvalue weighted by Gasteiger charge is 2.10. The Kier molecular flexibility index (Phi) is 3.61. The third-order valence-corrected chi connectivity index (χ3v) is 3.54. The summed E-state index contributed by atoms with van der Waals surface area (Å²) in [6.45, 7) is 5.79. The third-order valence-electron chi connectivity index (χ3n) is 2.32. The zero-order valence-corrected chi connectivity index (χ0v) is 11.3. The monoisotopic (exact) mass is 265 g/mol. The lowest BCUT2D eigenvalue weighted by molar-refractivity contribution is 0.262. The van der Waals surface area contributed by atoms with Crippen molar-refractivity contribution in [2.24, 2.45) is 0 Å². The summed E-state index contributed by atoms with van der Waals surface area (Å²) < 4.78 is 0. The normalized spacial score (nSPS) is 10.4. The zero-order chi connectivity index (χ0) is 13.1. The van der Waals surface area contributed by atoms with Crippen molar-refractivity contribution in [2.75, 3.05) is 10.6 Å². The number of aryl methyl sites for hydroxylation is 3. The van der Waals surface area contributed by atoms with Gasteiger partial charge in [0, 0.05) is 11.8 Å². The standard InChI is InChI=1S/C11H15N5OS/c1-4-9-12-7(3)10(18-9)14-11(17)13-8-5-6(2)15-16-8/h5H,4H2,1-3H3,(H3,13,14,15,16,17). The summed E-state index contributed by atoms with van der Waals surface area (Å²) in [6.07, 6.45) is 0.868. The average molecular weight is 265 g/mol. The highest BCUT2D eigenvalue weighted by molar-refractivity contribution is 7.16. The van der Waals surface area contributed by atoms with Gasteiger partial charge < -0.3 is 0 Å². The van der Waals surface area contributed by atoms with Gasteiger partial charge in [-0.2, -0.15) is 5.10 Å². The van der Waals surface area contributed by atoms with Crippen LogP contribution >= 0.6 is 11.3 Å². The van der Waals surface area contributed by atoms with E-state index >= 15 is 0 Å². The van der Waals surface area contributed by atoms with E-state index in [-0.39, 0.29) is 6.03 Å². The molecule has 0 aliphatic carbocycles. The number of aromatic nitrogens is 3. The van der Waals surface area contributed by atoms with Gasteiger partial charge in [-0.3, -0.25) is 15.7 Å². The van der Waals surface area contributed by atoms with Crippen LogP contribution in [0.4, 0.5) is 15.6 Å². The summed E-state index contributed by atoms with van der Waals surface area (Å²) in [6, 6.07) is 1.45. The molecule has 0 aromatic carbocycles. The van der Waals surface area contributed by atoms with Gasteiger partial charge in [0.2, 0.25) is 0 Å². The smallest absolute Gasteiger partial charge is 0.297 e. The molecule has 2 rings (SSSR count). The summed E-state index contributed by atoms with van der Waals surface area (Å²) in [7, 11) is 0. The number of urea groups is 1. The summed E-state index contributed by atoms with van der Waals surface area (Å²) in [5.41, 5.74) is 1.73. The second-order valence-electron chi connectivity index (χ2n) is 3.89. The number of amides is 2. The number of carbonyl (C=O) groups is 1. The number of hydrogen-bond donors (Lipinski definition) is 3. The molecule has 6 nitrogen and oxygen atoms in total. The molecule has 0 aliphatic rings. The molecule has 0 fully saturated rings. The molecule has 0 saturated carbocycles. The van der Waals surface area contributed by atoms with Crippen molar-refractivity contribution < 1.29 is 4.79 Å². The first-order chi connectivity index (χ1) is 8.58. The number of H-pyrrole nitrogens is 1. The van der Waals surface area contributed by atoms with Crippen molar-refractivity contribution in [1.82, 2.24) is 15.2 Å². The summed E-state index contributed by atoms with van der Waals surface area (Å²) in [5, 5.41) is 13.9. The zero-order valence-electron chi connectivity index (χ0n) is 10.5. The van der Waals surface area contributed by atoms with Gasteiger partial charge in [0.15, 0.2) is 5.82 Å². The lowest BCUT2D eigenvalue weighted by atomic mass is 10.5. The van der Waals surface area contributed by atoms with Crippen LogP contribution in [-0.2, 0) is 6.42 Å². The molecule has 3 N–H and O–H groups in total. The fraction of sp³-hybridized carbons (Fsp3) is 0.364. The maximum Gasteiger partial charge on any atom is 0.325 e. The second kappa shape index (κ2) is 5.18. The van der Waals surface area contributed by atoms with Crippen LogP contribution in [0.2, 0.25) is 0 Å². The number of carbonyl (C=O) groups excluding carboxylic acids is 1. The van der Waals surface area contributed by atoms with Crippen molar-refractivity contribution >= 4 is 28.2 Å². The van der Waals surface area contributed by atoms with Gasteiger partial charge in [0.05, 0.1) is 10.7 Å². The summed E-state index contributed by atoms with van der Waals surface area (Å²) in [5.74, 6) is 0.503. The van der Waals surface area contributed by atoms with E-state index in [1.165, 1.54) is 11.3 Å². The molecule has 2 aromatic heterocycles. The minimum atomic E-state index is -0.309. The molecule has 7 heteroatoms. The molecule has 0 unspecified atom stereocenters. The number of thiazole rings is 1. The van der Waals surface area contributed by atoms with E-state index in [9.17, 15) is 4.79 Å². The Bertz CT molecular complexity index is 560. The van der Waals surface area contributed by atoms with Crippen LogP contribution in [0.3, 0.4) is 0 Å². The second-order valence-corrected chi connectivity index (χ2v) is 4.97. The highest BCUT2D eigenvalue weighted by Crippen LogP contribution is 2.24. The molecule has 18 heavy (non-hydrogen) atoms. The largest absolute Gasteiger partial charge is 0.325 e. The Morgan fingerprint density at radius 3 is 2.78 bits per heavy atom. The number of anilines is 2. The first-order valence-electron chi connectivity index (χ1n) is 5.64. The first kappa shape index (κ1) is 12.6. The molecule has 2 heterocycles. The van der Waals surface area contributed by atoms with E-state index in [2.05, 4.69) is 25.8 Å². The topological polar surface area (TPSA) is 82.7 Å². The molecule has 2 amide bonds. The molecular weight excluding hydrogens is 250 g/mol. The molecular formula is C11H15N5OS. The molecule has 2 aromatic rings. The van der Waals surface area contributed by atoms with Crippen molar-refractivity contribution in [1.29, 1.82) is 0 Å². The van der Waals surface area contributed by atoms with Gasteiger partial charge in [-0.05, 0) is 20.3 Å². The molecule has 0 bridgehead atoms. The Labute approximate surface area is 109 Å². The SMILES string of the molecule is CCc1nc(C)c(NC(=O)Nc2cc(C)[nH]n2)s1. The van der Waals surface area contributed by atoms with Crippen LogP contribution in [0.25, 0.3) is 0 Å². The van der Waals surface area contributed by atoms with Gasteiger partial charge in [-0.1, -0.05) is 6.92 Å².